The van der Waals surface area contributed by atoms with Crippen LogP contribution in [0.15, 0.2) is 43.0 Å². The van der Waals surface area contributed by atoms with E-state index in [0.29, 0.717) is 19.0 Å². The van der Waals surface area contributed by atoms with Crippen LogP contribution in [-0.2, 0) is 11.2 Å². The van der Waals surface area contributed by atoms with Crippen molar-refractivity contribution in [3.8, 4) is 0 Å². The Morgan fingerprint density at radius 3 is 2.85 bits per heavy atom. The minimum Gasteiger partial charge on any atom is -0.339 e. The first-order valence-electron chi connectivity index (χ1n) is 7.45. The standard InChI is InChI=1S/C17H24N2O/c1-2-12-19(13-10-15-7-4-3-5-8-15)17(20)14-16-9-6-11-18-16/h2-5,7-8,16,18H,1,6,9-14H2. The third-order valence-electron chi connectivity index (χ3n) is 3.80. The molecule has 1 amide bonds. The molecule has 1 aromatic carbocycles. The molecule has 1 heterocycles. The van der Waals surface area contributed by atoms with E-state index in [4.69, 9.17) is 0 Å². The van der Waals surface area contributed by atoms with Gasteiger partial charge in [0.1, 0.15) is 0 Å². The van der Waals surface area contributed by atoms with Crippen LogP contribution < -0.4 is 5.32 Å². The zero-order valence-corrected chi connectivity index (χ0v) is 12.1. The molecule has 0 radical (unpaired) electrons. The van der Waals surface area contributed by atoms with Crippen LogP contribution in [-0.4, -0.2) is 36.5 Å². The lowest BCUT2D eigenvalue weighted by Gasteiger charge is -2.23. The molecule has 1 unspecified atom stereocenters. The zero-order valence-electron chi connectivity index (χ0n) is 12.1. The Morgan fingerprint density at radius 2 is 2.20 bits per heavy atom. The second-order valence-electron chi connectivity index (χ2n) is 5.36. The average molecular weight is 272 g/mol. The summed E-state index contributed by atoms with van der Waals surface area (Å²) in [6, 6.07) is 10.7. The monoisotopic (exact) mass is 272 g/mol. The van der Waals surface area contributed by atoms with Gasteiger partial charge >= 0.3 is 0 Å². The van der Waals surface area contributed by atoms with Crippen molar-refractivity contribution in [2.75, 3.05) is 19.6 Å². The summed E-state index contributed by atoms with van der Waals surface area (Å²) in [7, 11) is 0. The van der Waals surface area contributed by atoms with Crippen molar-refractivity contribution in [1.82, 2.24) is 10.2 Å². The normalized spacial score (nSPS) is 17.9. The molecule has 0 saturated carbocycles. The number of benzene rings is 1. The summed E-state index contributed by atoms with van der Waals surface area (Å²) in [5.41, 5.74) is 1.27. The molecule has 1 aromatic rings. The Bertz CT molecular complexity index is 424. The number of carbonyl (C=O) groups is 1. The van der Waals surface area contributed by atoms with Gasteiger partial charge in [0.05, 0.1) is 0 Å². The van der Waals surface area contributed by atoms with Crippen molar-refractivity contribution in [3.05, 3.63) is 48.6 Å². The average Bonchev–Trinajstić information content (AvgIpc) is 2.97. The molecule has 3 heteroatoms. The van der Waals surface area contributed by atoms with Crippen LogP contribution in [0.4, 0.5) is 0 Å². The number of nitrogens with zero attached hydrogens (tertiary/aromatic N) is 1. The van der Waals surface area contributed by atoms with Gasteiger partial charge in [-0.3, -0.25) is 4.79 Å². The number of amides is 1. The predicted octanol–water partition coefficient (Wildman–Crippen LogP) is 2.39. The van der Waals surface area contributed by atoms with E-state index in [2.05, 4.69) is 24.0 Å². The maximum absolute atomic E-state index is 12.3. The molecule has 3 nitrogen and oxygen atoms in total. The number of rotatable bonds is 7. The van der Waals surface area contributed by atoms with Crippen molar-refractivity contribution in [3.63, 3.8) is 0 Å². The van der Waals surface area contributed by atoms with Crippen molar-refractivity contribution >= 4 is 5.91 Å². The van der Waals surface area contributed by atoms with E-state index >= 15 is 0 Å². The Kier molecular flexibility index (Phi) is 5.81. The second kappa shape index (κ2) is 7.85. The molecule has 0 bridgehead atoms. The fourth-order valence-electron chi connectivity index (χ4n) is 2.65. The Labute approximate surface area is 121 Å². The summed E-state index contributed by atoms with van der Waals surface area (Å²) < 4.78 is 0. The first-order valence-corrected chi connectivity index (χ1v) is 7.45. The smallest absolute Gasteiger partial charge is 0.224 e. The number of hydrogen-bond donors (Lipinski definition) is 1. The van der Waals surface area contributed by atoms with E-state index in [1.807, 2.05) is 29.2 Å². The predicted molar refractivity (Wildman–Crippen MR) is 82.6 cm³/mol. The van der Waals surface area contributed by atoms with Gasteiger partial charge < -0.3 is 10.2 Å². The topological polar surface area (TPSA) is 32.3 Å². The first-order chi connectivity index (χ1) is 9.79. The second-order valence-corrected chi connectivity index (χ2v) is 5.36. The summed E-state index contributed by atoms with van der Waals surface area (Å²) in [5, 5.41) is 3.38. The fourth-order valence-corrected chi connectivity index (χ4v) is 2.65. The quantitative estimate of drug-likeness (QED) is 0.773. The molecule has 108 valence electrons. The molecule has 0 aliphatic carbocycles. The maximum Gasteiger partial charge on any atom is 0.224 e. The molecule has 1 aliphatic rings. The lowest BCUT2D eigenvalue weighted by atomic mass is 10.1. The van der Waals surface area contributed by atoms with E-state index in [9.17, 15) is 4.79 Å². The lowest BCUT2D eigenvalue weighted by Crippen LogP contribution is -2.37. The highest BCUT2D eigenvalue weighted by molar-refractivity contribution is 5.77. The Morgan fingerprint density at radius 1 is 1.40 bits per heavy atom. The summed E-state index contributed by atoms with van der Waals surface area (Å²) in [4.78, 5) is 14.3. The molecule has 2 rings (SSSR count). The number of carbonyl (C=O) groups excluding carboxylic acids is 1. The van der Waals surface area contributed by atoms with Crippen molar-refractivity contribution < 1.29 is 4.79 Å². The summed E-state index contributed by atoms with van der Waals surface area (Å²) >= 11 is 0. The van der Waals surface area contributed by atoms with Gasteiger partial charge in [0.25, 0.3) is 0 Å². The summed E-state index contributed by atoms with van der Waals surface area (Å²) in [6.45, 7) is 6.21. The van der Waals surface area contributed by atoms with Crippen molar-refractivity contribution in [1.29, 1.82) is 0 Å². The van der Waals surface area contributed by atoms with E-state index in [0.717, 1.165) is 25.9 Å². The molecule has 1 atom stereocenters. The van der Waals surface area contributed by atoms with Gasteiger partial charge in [-0.2, -0.15) is 0 Å². The third-order valence-corrected chi connectivity index (χ3v) is 3.80. The SMILES string of the molecule is C=CCN(CCc1ccccc1)C(=O)CC1CCCN1. The van der Waals surface area contributed by atoms with E-state index in [1.165, 1.54) is 12.0 Å². The van der Waals surface area contributed by atoms with Crippen molar-refractivity contribution in [2.45, 2.75) is 31.7 Å². The molecule has 1 N–H and O–H groups in total. The van der Waals surface area contributed by atoms with Gasteiger partial charge in [0.2, 0.25) is 5.91 Å². The van der Waals surface area contributed by atoms with Crippen LogP contribution in [0.25, 0.3) is 0 Å². The van der Waals surface area contributed by atoms with Crippen LogP contribution >= 0.6 is 0 Å². The van der Waals surface area contributed by atoms with Crippen molar-refractivity contribution in [2.24, 2.45) is 0 Å². The van der Waals surface area contributed by atoms with Gasteiger partial charge in [0.15, 0.2) is 0 Å². The third kappa shape index (κ3) is 4.49. The lowest BCUT2D eigenvalue weighted by molar-refractivity contribution is -0.131. The molecule has 0 spiro atoms. The largest absolute Gasteiger partial charge is 0.339 e. The zero-order chi connectivity index (χ0) is 14.2. The highest BCUT2D eigenvalue weighted by Gasteiger charge is 2.20. The number of hydrogen-bond acceptors (Lipinski definition) is 2. The maximum atomic E-state index is 12.3. The van der Waals surface area contributed by atoms with Crippen LogP contribution in [0.1, 0.15) is 24.8 Å². The van der Waals surface area contributed by atoms with Crippen LogP contribution in [0.5, 0.6) is 0 Å². The van der Waals surface area contributed by atoms with Gasteiger partial charge in [-0.25, -0.2) is 0 Å². The van der Waals surface area contributed by atoms with Gasteiger partial charge in [-0.15, -0.1) is 6.58 Å². The van der Waals surface area contributed by atoms with Gasteiger partial charge in [-0.05, 0) is 31.4 Å². The molecule has 1 aliphatic heterocycles. The fraction of sp³-hybridized carbons (Fsp3) is 0.471. The summed E-state index contributed by atoms with van der Waals surface area (Å²) in [5.74, 6) is 0.236. The molecule has 1 fully saturated rings. The summed E-state index contributed by atoms with van der Waals surface area (Å²) in [6.07, 6.45) is 5.63. The molecular formula is C17H24N2O. The molecule has 20 heavy (non-hydrogen) atoms. The minimum absolute atomic E-state index is 0.236. The minimum atomic E-state index is 0.236. The van der Waals surface area contributed by atoms with E-state index in [1.54, 1.807) is 0 Å². The van der Waals surface area contributed by atoms with Crippen LogP contribution in [0.2, 0.25) is 0 Å². The highest BCUT2D eigenvalue weighted by Crippen LogP contribution is 2.11. The Hall–Kier alpha value is -1.61. The van der Waals surface area contributed by atoms with Gasteiger partial charge in [0, 0.05) is 25.6 Å². The van der Waals surface area contributed by atoms with E-state index < -0.39 is 0 Å². The highest BCUT2D eigenvalue weighted by atomic mass is 16.2. The van der Waals surface area contributed by atoms with Crippen LogP contribution in [0.3, 0.4) is 0 Å². The molecule has 1 saturated heterocycles. The number of nitrogens with one attached hydrogen (secondary N) is 1. The van der Waals surface area contributed by atoms with Crippen LogP contribution in [0, 0.1) is 0 Å². The first kappa shape index (κ1) is 14.8. The van der Waals surface area contributed by atoms with Gasteiger partial charge in [-0.1, -0.05) is 36.4 Å². The van der Waals surface area contributed by atoms with E-state index in [-0.39, 0.29) is 5.91 Å². The molecular weight excluding hydrogens is 248 g/mol. The molecule has 0 aromatic heterocycles. The Balaban J connectivity index is 1.85.